The molecule has 21 heavy (non-hydrogen) atoms. The van der Waals surface area contributed by atoms with Gasteiger partial charge < -0.3 is 9.84 Å². The molecule has 1 N–H and O–H groups in total. The zero-order chi connectivity index (χ0) is 16.3. The molecule has 1 aromatic rings. The van der Waals surface area contributed by atoms with Crippen LogP contribution in [0.25, 0.3) is 0 Å². The molecule has 6 heteroatoms. The number of aliphatic carboxylic acids is 1. The fourth-order valence-electron chi connectivity index (χ4n) is 2.44. The molecule has 5 nitrogen and oxygen atoms in total. The summed E-state index contributed by atoms with van der Waals surface area (Å²) in [5.41, 5.74) is 0. The molecule has 1 rings (SSSR count). The van der Waals surface area contributed by atoms with Gasteiger partial charge in [-0.3, -0.25) is 4.79 Å². The Hall–Kier alpha value is -1.56. The van der Waals surface area contributed by atoms with Crippen LogP contribution < -0.4 is 4.74 Å². The minimum absolute atomic E-state index is 0.00759. The second kappa shape index (κ2) is 6.47. The van der Waals surface area contributed by atoms with E-state index in [1.807, 2.05) is 13.8 Å². The van der Waals surface area contributed by atoms with Crippen molar-refractivity contribution in [3.05, 3.63) is 24.3 Å². The van der Waals surface area contributed by atoms with Gasteiger partial charge in [0.1, 0.15) is 5.75 Å². The number of ether oxygens (including phenoxy) is 1. The molecule has 0 radical (unpaired) electrons. The van der Waals surface area contributed by atoms with E-state index >= 15 is 0 Å². The van der Waals surface area contributed by atoms with Crippen molar-refractivity contribution in [1.82, 2.24) is 0 Å². The molecule has 0 amide bonds. The summed E-state index contributed by atoms with van der Waals surface area (Å²) in [6.07, 6.45) is 0.0993. The first-order chi connectivity index (χ1) is 9.71. The maximum absolute atomic E-state index is 12.8. The lowest BCUT2D eigenvalue weighted by Crippen LogP contribution is -2.47. The third kappa shape index (κ3) is 3.20. The fraction of sp³-hybridized carbons (Fsp3) is 0.533. The lowest BCUT2D eigenvalue weighted by atomic mass is 9.94. The molecule has 1 unspecified atom stereocenters. The summed E-state index contributed by atoms with van der Waals surface area (Å²) < 4.78 is 28.9. The third-order valence-electron chi connectivity index (χ3n) is 3.58. The number of methoxy groups -OCH3 is 1. The molecule has 0 aliphatic carbocycles. The number of carboxylic acids is 1. The van der Waals surface area contributed by atoms with Crippen LogP contribution >= 0.6 is 0 Å². The number of benzene rings is 1. The van der Waals surface area contributed by atoms with Crippen molar-refractivity contribution in [3.63, 3.8) is 0 Å². The van der Waals surface area contributed by atoms with Gasteiger partial charge in [0.2, 0.25) is 0 Å². The standard InChI is InChI=1S/C15H22O5S/c1-5-15(14(16)17,10-11(2)3)21(18,19)13-8-6-12(20-4)7-9-13/h6-9,11H,5,10H2,1-4H3,(H,16,17). The second-order valence-electron chi connectivity index (χ2n) is 5.43. The van der Waals surface area contributed by atoms with Gasteiger partial charge in [-0.25, -0.2) is 8.42 Å². The largest absolute Gasteiger partial charge is 0.497 e. The number of carboxylic acid groups (broad SMARTS) is 1. The Labute approximate surface area is 125 Å². The molecule has 0 spiro atoms. The van der Waals surface area contributed by atoms with Crippen LogP contribution in [-0.4, -0.2) is 31.4 Å². The predicted octanol–water partition coefficient (Wildman–Crippen LogP) is 2.75. The Kier molecular flexibility index (Phi) is 5.39. The van der Waals surface area contributed by atoms with Crippen molar-refractivity contribution < 1.29 is 23.1 Å². The zero-order valence-electron chi connectivity index (χ0n) is 12.8. The van der Waals surface area contributed by atoms with Crippen LogP contribution in [0.3, 0.4) is 0 Å². The van der Waals surface area contributed by atoms with E-state index in [4.69, 9.17) is 4.74 Å². The van der Waals surface area contributed by atoms with Crippen molar-refractivity contribution in [3.8, 4) is 5.75 Å². The number of rotatable bonds is 7. The first-order valence-corrected chi connectivity index (χ1v) is 8.31. The Morgan fingerprint density at radius 2 is 1.81 bits per heavy atom. The maximum Gasteiger partial charge on any atom is 0.325 e. The van der Waals surface area contributed by atoms with Crippen LogP contribution in [0.2, 0.25) is 0 Å². The molecule has 0 bridgehead atoms. The van der Waals surface area contributed by atoms with Crippen molar-refractivity contribution >= 4 is 15.8 Å². The molecule has 118 valence electrons. The normalized spacial score (nSPS) is 14.7. The van der Waals surface area contributed by atoms with E-state index in [9.17, 15) is 18.3 Å². The Balaban J connectivity index is 3.42. The van der Waals surface area contributed by atoms with E-state index in [2.05, 4.69) is 0 Å². The molecule has 0 aliphatic heterocycles. The van der Waals surface area contributed by atoms with Gasteiger partial charge in [0.05, 0.1) is 12.0 Å². The lowest BCUT2D eigenvalue weighted by Gasteiger charge is -2.29. The first kappa shape index (κ1) is 17.5. The monoisotopic (exact) mass is 314 g/mol. The summed E-state index contributed by atoms with van der Waals surface area (Å²) >= 11 is 0. The minimum Gasteiger partial charge on any atom is -0.497 e. The highest BCUT2D eigenvalue weighted by Gasteiger charge is 2.50. The summed E-state index contributed by atoms with van der Waals surface area (Å²) in [5, 5.41) is 9.57. The Morgan fingerprint density at radius 1 is 1.29 bits per heavy atom. The summed E-state index contributed by atoms with van der Waals surface area (Å²) in [4.78, 5) is 11.7. The Bertz CT molecular complexity index is 589. The van der Waals surface area contributed by atoms with Crippen LogP contribution in [0.15, 0.2) is 29.2 Å². The van der Waals surface area contributed by atoms with E-state index < -0.39 is 20.6 Å². The number of hydrogen-bond donors (Lipinski definition) is 1. The van der Waals surface area contributed by atoms with Crippen molar-refractivity contribution in [2.45, 2.75) is 43.3 Å². The predicted molar refractivity (Wildman–Crippen MR) is 80.3 cm³/mol. The van der Waals surface area contributed by atoms with Gasteiger partial charge in [0.15, 0.2) is 14.6 Å². The summed E-state index contributed by atoms with van der Waals surface area (Å²) in [6.45, 7) is 5.23. The van der Waals surface area contributed by atoms with E-state index in [1.165, 1.54) is 31.4 Å². The summed E-state index contributed by atoms with van der Waals surface area (Å²) in [7, 11) is -2.51. The number of hydrogen-bond acceptors (Lipinski definition) is 4. The van der Waals surface area contributed by atoms with Gasteiger partial charge in [-0.05, 0) is 43.0 Å². The molecule has 0 saturated heterocycles. The highest BCUT2D eigenvalue weighted by atomic mass is 32.2. The molecular formula is C15H22O5S. The highest BCUT2D eigenvalue weighted by Crippen LogP contribution is 2.35. The maximum atomic E-state index is 12.8. The quantitative estimate of drug-likeness (QED) is 0.837. The van der Waals surface area contributed by atoms with E-state index in [-0.39, 0.29) is 23.7 Å². The zero-order valence-corrected chi connectivity index (χ0v) is 13.6. The van der Waals surface area contributed by atoms with Gasteiger partial charge in [0, 0.05) is 0 Å². The topological polar surface area (TPSA) is 80.7 Å². The van der Waals surface area contributed by atoms with Crippen LogP contribution in [0, 0.1) is 5.92 Å². The molecule has 0 saturated carbocycles. The van der Waals surface area contributed by atoms with Gasteiger partial charge in [0.25, 0.3) is 0 Å². The average molecular weight is 314 g/mol. The van der Waals surface area contributed by atoms with Crippen LogP contribution in [-0.2, 0) is 14.6 Å². The number of carbonyl (C=O) groups is 1. The van der Waals surface area contributed by atoms with E-state index in [0.717, 1.165) is 0 Å². The minimum atomic E-state index is -3.99. The SMILES string of the molecule is CCC(CC(C)C)(C(=O)O)S(=O)(=O)c1ccc(OC)cc1. The van der Waals surface area contributed by atoms with Crippen molar-refractivity contribution in [2.75, 3.05) is 7.11 Å². The molecule has 0 fully saturated rings. The molecule has 0 aliphatic rings. The first-order valence-electron chi connectivity index (χ1n) is 6.83. The molecule has 1 atom stereocenters. The third-order valence-corrected chi connectivity index (χ3v) is 6.13. The lowest BCUT2D eigenvalue weighted by molar-refractivity contribution is -0.140. The van der Waals surface area contributed by atoms with E-state index in [0.29, 0.717) is 5.75 Å². The van der Waals surface area contributed by atoms with Gasteiger partial charge >= 0.3 is 5.97 Å². The fourth-order valence-corrected chi connectivity index (χ4v) is 4.55. The molecular weight excluding hydrogens is 292 g/mol. The molecule has 0 heterocycles. The van der Waals surface area contributed by atoms with Gasteiger partial charge in [-0.15, -0.1) is 0 Å². The number of sulfone groups is 1. The highest BCUT2D eigenvalue weighted by molar-refractivity contribution is 7.93. The van der Waals surface area contributed by atoms with Gasteiger partial charge in [-0.1, -0.05) is 20.8 Å². The van der Waals surface area contributed by atoms with Gasteiger partial charge in [-0.2, -0.15) is 0 Å². The average Bonchev–Trinajstić information content (AvgIpc) is 2.43. The van der Waals surface area contributed by atoms with Crippen LogP contribution in [0.4, 0.5) is 0 Å². The van der Waals surface area contributed by atoms with Crippen molar-refractivity contribution in [1.29, 1.82) is 0 Å². The van der Waals surface area contributed by atoms with Crippen LogP contribution in [0.5, 0.6) is 5.75 Å². The smallest absolute Gasteiger partial charge is 0.325 e. The van der Waals surface area contributed by atoms with Crippen molar-refractivity contribution in [2.24, 2.45) is 5.92 Å². The second-order valence-corrected chi connectivity index (χ2v) is 7.69. The summed E-state index contributed by atoms with van der Waals surface area (Å²) in [5.74, 6) is -0.821. The van der Waals surface area contributed by atoms with E-state index in [1.54, 1.807) is 6.92 Å². The molecule has 0 aromatic heterocycles. The summed E-state index contributed by atoms with van der Waals surface area (Å²) in [6, 6.07) is 5.82. The Morgan fingerprint density at radius 3 is 2.14 bits per heavy atom. The van der Waals surface area contributed by atoms with Crippen LogP contribution in [0.1, 0.15) is 33.6 Å². The molecule has 1 aromatic carbocycles.